The van der Waals surface area contributed by atoms with E-state index in [1.165, 1.54) is 13.1 Å². The fourth-order valence-corrected chi connectivity index (χ4v) is 4.71. The number of nitrogens with one attached hydrogen (secondary N) is 2. The molecule has 35 heavy (non-hydrogen) atoms. The summed E-state index contributed by atoms with van der Waals surface area (Å²) in [6.45, 7) is 2.60. The van der Waals surface area contributed by atoms with Crippen molar-refractivity contribution in [2.45, 2.75) is 31.9 Å². The number of benzene rings is 2. The second-order valence-electron chi connectivity index (χ2n) is 8.10. The minimum Gasteiger partial charge on any atom is -0.484 e. The van der Waals surface area contributed by atoms with E-state index in [-0.39, 0.29) is 18.6 Å². The average molecular weight is 503 g/mol. The van der Waals surface area contributed by atoms with Gasteiger partial charge < -0.3 is 14.8 Å². The van der Waals surface area contributed by atoms with Gasteiger partial charge in [0, 0.05) is 13.2 Å². The van der Waals surface area contributed by atoms with E-state index in [1.807, 2.05) is 0 Å². The van der Waals surface area contributed by atoms with Gasteiger partial charge in [-0.3, -0.25) is 13.9 Å². The molecule has 2 aromatic rings. The van der Waals surface area contributed by atoms with E-state index < -0.39 is 22.0 Å². The molecule has 1 heterocycles. The second-order valence-corrected chi connectivity index (χ2v) is 9.96. The number of ether oxygens (including phenoxy) is 2. The van der Waals surface area contributed by atoms with Crippen LogP contribution in [0.4, 0.5) is 5.69 Å². The monoisotopic (exact) mass is 502 g/mol. The van der Waals surface area contributed by atoms with Gasteiger partial charge in [-0.2, -0.15) is 5.10 Å². The minimum absolute atomic E-state index is 0.0776. The molecule has 2 atom stereocenters. The largest absolute Gasteiger partial charge is 0.484 e. The van der Waals surface area contributed by atoms with Gasteiger partial charge in [0.25, 0.3) is 11.8 Å². The summed E-state index contributed by atoms with van der Waals surface area (Å²) >= 11 is 0. The number of para-hydroxylation sites is 1. The van der Waals surface area contributed by atoms with Crippen molar-refractivity contribution >= 4 is 33.7 Å². The van der Waals surface area contributed by atoms with Crippen LogP contribution in [-0.2, 0) is 24.3 Å². The van der Waals surface area contributed by atoms with Crippen LogP contribution >= 0.6 is 0 Å². The summed E-state index contributed by atoms with van der Waals surface area (Å²) in [5.74, 6) is -0.287. The third-order valence-corrected chi connectivity index (χ3v) is 6.53. The van der Waals surface area contributed by atoms with Crippen molar-refractivity contribution in [1.82, 2.24) is 10.7 Å². The zero-order chi connectivity index (χ0) is 25.3. The molecule has 0 aromatic heterocycles. The first-order valence-corrected chi connectivity index (χ1v) is 13.1. The number of sulfonamides is 1. The van der Waals surface area contributed by atoms with Crippen molar-refractivity contribution in [3.8, 4) is 5.75 Å². The number of hydrogen-bond donors (Lipinski definition) is 2. The summed E-state index contributed by atoms with van der Waals surface area (Å²) in [4.78, 5) is 24.4. The molecule has 2 amide bonds. The van der Waals surface area contributed by atoms with Gasteiger partial charge in [0.1, 0.15) is 11.8 Å². The number of hydrazone groups is 1. The lowest BCUT2D eigenvalue weighted by Crippen LogP contribution is -2.46. The van der Waals surface area contributed by atoms with Gasteiger partial charge in [0.15, 0.2) is 6.61 Å². The molecular formula is C24H30N4O6S. The van der Waals surface area contributed by atoms with Gasteiger partial charge in [-0.15, -0.1) is 0 Å². The number of hydrogen-bond acceptors (Lipinski definition) is 7. The van der Waals surface area contributed by atoms with Crippen LogP contribution in [0.15, 0.2) is 59.7 Å². The number of carbonyl (C=O) groups is 2. The lowest BCUT2D eigenvalue weighted by molar-refractivity contribution is -0.123. The Balaban J connectivity index is 1.48. The van der Waals surface area contributed by atoms with E-state index in [4.69, 9.17) is 9.47 Å². The number of rotatable bonds is 11. The Hall–Kier alpha value is -3.44. The Morgan fingerprint density at radius 2 is 1.91 bits per heavy atom. The summed E-state index contributed by atoms with van der Waals surface area (Å²) in [5, 5.41) is 6.71. The lowest BCUT2D eigenvalue weighted by Gasteiger charge is -2.27. The Kier molecular flexibility index (Phi) is 9.21. The van der Waals surface area contributed by atoms with E-state index in [1.54, 1.807) is 54.6 Å². The maximum absolute atomic E-state index is 12.5. The Labute approximate surface area is 205 Å². The standard InChI is InChI=1S/C24H30N4O6S/c1-18(28(35(2,31)32)20-7-4-3-5-8-20)24(30)27-26-15-19-10-12-21(13-11-19)34-17-23(29)25-16-22-9-6-14-33-22/h3-5,7-8,10-13,15,18,22H,6,9,14,16-17H2,1-2H3,(H,25,29)(H,27,30)/b26-15-/t18-,22+/m1/s1. The van der Waals surface area contributed by atoms with E-state index in [2.05, 4.69) is 15.8 Å². The van der Waals surface area contributed by atoms with Crippen LogP contribution in [0.1, 0.15) is 25.3 Å². The molecule has 0 spiro atoms. The quantitative estimate of drug-likeness (QED) is 0.356. The van der Waals surface area contributed by atoms with Crippen LogP contribution in [0, 0.1) is 0 Å². The summed E-state index contributed by atoms with van der Waals surface area (Å²) in [6.07, 6.45) is 4.52. The zero-order valence-electron chi connectivity index (χ0n) is 19.7. The highest BCUT2D eigenvalue weighted by atomic mass is 32.2. The van der Waals surface area contributed by atoms with Gasteiger partial charge >= 0.3 is 0 Å². The number of nitrogens with zero attached hydrogens (tertiary/aromatic N) is 2. The SMILES string of the molecule is C[C@H](C(=O)N/N=C\c1ccc(OCC(=O)NC[C@@H]2CCCO2)cc1)N(c1ccccc1)S(C)(=O)=O. The molecule has 188 valence electrons. The van der Waals surface area contributed by atoms with Crippen molar-refractivity contribution in [3.63, 3.8) is 0 Å². The normalized spacial score (nSPS) is 16.6. The van der Waals surface area contributed by atoms with E-state index in [0.29, 0.717) is 23.5 Å². The summed E-state index contributed by atoms with van der Waals surface area (Å²) < 4.78 is 36.5. The molecule has 0 unspecified atom stereocenters. The van der Waals surface area contributed by atoms with E-state index in [0.717, 1.165) is 30.0 Å². The fraction of sp³-hybridized carbons (Fsp3) is 0.375. The van der Waals surface area contributed by atoms with Crippen LogP contribution in [0.2, 0.25) is 0 Å². The summed E-state index contributed by atoms with van der Waals surface area (Å²) in [7, 11) is -3.69. The molecule has 1 aliphatic heterocycles. The highest BCUT2D eigenvalue weighted by Gasteiger charge is 2.28. The van der Waals surface area contributed by atoms with Crippen molar-refractivity contribution in [2.75, 3.05) is 30.3 Å². The first-order chi connectivity index (χ1) is 16.7. The molecule has 0 aliphatic carbocycles. The van der Waals surface area contributed by atoms with Crippen molar-refractivity contribution in [2.24, 2.45) is 5.10 Å². The molecule has 10 nitrogen and oxygen atoms in total. The predicted molar refractivity (Wildman–Crippen MR) is 133 cm³/mol. The molecule has 0 radical (unpaired) electrons. The molecule has 0 saturated carbocycles. The molecular weight excluding hydrogens is 472 g/mol. The zero-order valence-corrected chi connectivity index (χ0v) is 20.5. The van der Waals surface area contributed by atoms with Gasteiger partial charge in [-0.1, -0.05) is 18.2 Å². The van der Waals surface area contributed by atoms with Crippen molar-refractivity contribution < 1.29 is 27.5 Å². The topological polar surface area (TPSA) is 126 Å². The third kappa shape index (κ3) is 8.08. The fourth-order valence-electron chi connectivity index (χ4n) is 3.53. The molecule has 3 rings (SSSR count). The van der Waals surface area contributed by atoms with Crippen LogP contribution in [0.5, 0.6) is 5.75 Å². The van der Waals surface area contributed by atoms with Crippen LogP contribution in [0.3, 0.4) is 0 Å². The molecule has 11 heteroatoms. The van der Waals surface area contributed by atoms with Crippen molar-refractivity contribution in [1.29, 1.82) is 0 Å². The Bertz CT molecular complexity index is 1120. The molecule has 0 bridgehead atoms. The first-order valence-electron chi connectivity index (χ1n) is 11.2. The van der Waals surface area contributed by atoms with Gasteiger partial charge in [-0.25, -0.2) is 13.8 Å². The molecule has 1 fully saturated rings. The third-order valence-electron chi connectivity index (χ3n) is 5.29. The lowest BCUT2D eigenvalue weighted by atomic mass is 10.2. The van der Waals surface area contributed by atoms with Gasteiger partial charge in [-0.05, 0) is 61.7 Å². The molecule has 2 N–H and O–H groups in total. The Morgan fingerprint density at radius 3 is 2.54 bits per heavy atom. The molecule has 1 aliphatic rings. The maximum atomic E-state index is 12.5. The first kappa shape index (κ1) is 26.2. The number of carbonyl (C=O) groups excluding carboxylic acids is 2. The average Bonchev–Trinajstić information content (AvgIpc) is 3.36. The maximum Gasteiger partial charge on any atom is 0.263 e. The van der Waals surface area contributed by atoms with Crippen LogP contribution in [0.25, 0.3) is 0 Å². The summed E-state index contributed by atoms with van der Waals surface area (Å²) in [6, 6.07) is 14.2. The second kappa shape index (κ2) is 12.3. The van der Waals surface area contributed by atoms with Gasteiger partial charge in [0.2, 0.25) is 10.0 Å². The number of anilines is 1. The molecule has 2 aromatic carbocycles. The Morgan fingerprint density at radius 1 is 1.20 bits per heavy atom. The smallest absolute Gasteiger partial charge is 0.263 e. The minimum atomic E-state index is -3.69. The van der Waals surface area contributed by atoms with Crippen LogP contribution < -0.4 is 19.8 Å². The highest BCUT2D eigenvalue weighted by Crippen LogP contribution is 2.20. The van der Waals surface area contributed by atoms with E-state index >= 15 is 0 Å². The van der Waals surface area contributed by atoms with Crippen LogP contribution in [-0.4, -0.2) is 64.6 Å². The predicted octanol–water partition coefficient (Wildman–Crippen LogP) is 1.67. The molecule has 1 saturated heterocycles. The van der Waals surface area contributed by atoms with Gasteiger partial charge in [0.05, 0.1) is 24.3 Å². The summed E-state index contributed by atoms with van der Waals surface area (Å²) in [5.41, 5.74) is 3.44. The van der Waals surface area contributed by atoms with E-state index in [9.17, 15) is 18.0 Å². The highest BCUT2D eigenvalue weighted by molar-refractivity contribution is 7.92. The van der Waals surface area contributed by atoms with Crippen molar-refractivity contribution in [3.05, 3.63) is 60.2 Å². The number of amides is 2.